The maximum absolute atomic E-state index is 9.35. The molecule has 2 spiro atoms. The van der Waals surface area contributed by atoms with Gasteiger partial charge in [-0.15, -0.1) is 0 Å². The van der Waals surface area contributed by atoms with Gasteiger partial charge >= 0.3 is 0 Å². The monoisotopic (exact) mass is 451 g/mol. The lowest BCUT2D eigenvalue weighted by atomic mass is 9.70. The van der Waals surface area contributed by atoms with Crippen LogP contribution in [-0.2, 0) is 18.4 Å². The predicted octanol–water partition coefficient (Wildman–Crippen LogP) is 5.58. The molecular weight excluding hydrogens is 426 g/mol. The molecule has 4 nitrogen and oxygen atoms in total. The van der Waals surface area contributed by atoms with Gasteiger partial charge in [-0.05, 0) is 78.6 Å². The number of nitriles is 1. The molecule has 2 aliphatic heterocycles. The largest absolute Gasteiger partial charge is 0.484 e. The molecule has 164 valence electrons. The van der Waals surface area contributed by atoms with E-state index in [2.05, 4.69) is 54.6 Å². The highest BCUT2D eigenvalue weighted by molar-refractivity contribution is 8.13. The van der Waals surface area contributed by atoms with E-state index in [1.165, 1.54) is 11.1 Å². The Morgan fingerprint density at radius 2 is 1.67 bits per heavy atom. The van der Waals surface area contributed by atoms with Gasteiger partial charge in [-0.3, -0.25) is 0 Å². The van der Waals surface area contributed by atoms with E-state index in [0.29, 0.717) is 10.7 Å². The Hall–Kier alpha value is -3.23. The van der Waals surface area contributed by atoms with Crippen LogP contribution in [0.4, 0.5) is 0 Å². The number of benzene rings is 3. The first-order valence-corrected chi connectivity index (χ1v) is 12.5. The molecule has 2 heterocycles. The molecular formula is C28H25N3OS. The van der Waals surface area contributed by atoms with Crippen molar-refractivity contribution in [2.75, 3.05) is 5.75 Å². The summed E-state index contributed by atoms with van der Waals surface area (Å²) in [4.78, 5) is 5.18. The zero-order valence-corrected chi connectivity index (χ0v) is 19.2. The maximum Gasteiger partial charge on any atom is 0.154 e. The zero-order chi connectivity index (χ0) is 22.5. The van der Waals surface area contributed by atoms with Crippen LogP contribution >= 0.6 is 11.8 Å². The minimum atomic E-state index is -0.484. The first kappa shape index (κ1) is 20.4. The van der Waals surface area contributed by atoms with Crippen molar-refractivity contribution in [3.63, 3.8) is 0 Å². The van der Waals surface area contributed by atoms with E-state index >= 15 is 0 Å². The molecule has 0 radical (unpaired) electrons. The predicted molar refractivity (Wildman–Crippen MR) is 133 cm³/mol. The second-order valence-electron chi connectivity index (χ2n) is 9.18. The molecule has 0 aromatic heterocycles. The average molecular weight is 452 g/mol. The fourth-order valence-corrected chi connectivity index (χ4v) is 6.72. The molecule has 0 amide bonds. The lowest BCUT2D eigenvalue weighted by Crippen LogP contribution is -2.53. The maximum atomic E-state index is 9.35. The van der Waals surface area contributed by atoms with Crippen molar-refractivity contribution in [2.45, 2.75) is 43.2 Å². The van der Waals surface area contributed by atoms with Gasteiger partial charge in [0.25, 0.3) is 0 Å². The van der Waals surface area contributed by atoms with E-state index in [1.54, 1.807) is 11.8 Å². The lowest BCUT2D eigenvalue weighted by Gasteiger charge is -2.43. The van der Waals surface area contributed by atoms with Crippen molar-refractivity contribution in [1.29, 1.82) is 5.26 Å². The van der Waals surface area contributed by atoms with E-state index in [1.807, 2.05) is 18.2 Å². The molecule has 1 atom stereocenters. The number of aliphatic imine (C=N–C) groups is 1. The topological polar surface area (TPSA) is 71.4 Å². The minimum absolute atomic E-state index is 0.410. The van der Waals surface area contributed by atoms with Crippen molar-refractivity contribution >= 4 is 16.9 Å². The molecule has 2 N–H and O–H groups in total. The number of thioether (sulfide) groups is 1. The number of aryl methyl sites for hydroxylation is 2. The summed E-state index contributed by atoms with van der Waals surface area (Å²) in [6.07, 6.45) is 4.69. The Bertz CT molecular complexity index is 1300. The molecule has 3 aliphatic rings. The van der Waals surface area contributed by atoms with Crippen LogP contribution in [0.5, 0.6) is 5.75 Å². The highest BCUT2D eigenvalue weighted by Gasteiger charge is 2.61. The standard InChI is InChI=1S/C28H25N3OS/c29-18-19-4-3-7-22(16-19)23-8-9-25-24(17-23)28(14-15-33-26(30)31-28)27(32-25)12-10-20-5-1-2-6-21(20)11-13-27/h1-9,16-17H,10-15H2,(H2,30,31). The zero-order valence-electron chi connectivity index (χ0n) is 18.4. The summed E-state index contributed by atoms with van der Waals surface area (Å²) in [5, 5.41) is 10.0. The van der Waals surface area contributed by atoms with Gasteiger partial charge in [-0.1, -0.05) is 54.2 Å². The first-order valence-electron chi connectivity index (χ1n) is 11.5. The summed E-state index contributed by atoms with van der Waals surface area (Å²) in [6, 6.07) is 25.2. The van der Waals surface area contributed by atoms with Crippen LogP contribution in [0.25, 0.3) is 11.1 Å². The summed E-state index contributed by atoms with van der Waals surface area (Å²) in [6.45, 7) is 0. The number of fused-ring (bicyclic) bond motifs is 4. The molecule has 0 fully saturated rings. The Labute approximate surface area is 198 Å². The molecule has 3 aromatic carbocycles. The van der Waals surface area contributed by atoms with Gasteiger partial charge in [-0.25, -0.2) is 4.99 Å². The van der Waals surface area contributed by atoms with Gasteiger partial charge in [0.1, 0.15) is 16.9 Å². The third kappa shape index (κ3) is 3.16. The summed E-state index contributed by atoms with van der Waals surface area (Å²) in [5.74, 6) is 1.85. The van der Waals surface area contributed by atoms with Crippen LogP contribution in [0.15, 0.2) is 71.7 Å². The Morgan fingerprint density at radius 1 is 0.909 bits per heavy atom. The molecule has 1 aliphatic carbocycles. The van der Waals surface area contributed by atoms with E-state index < -0.39 is 11.1 Å². The lowest BCUT2D eigenvalue weighted by molar-refractivity contribution is 0.00347. The van der Waals surface area contributed by atoms with Crippen LogP contribution in [-0.4, -0.2) is 16.5 Å². The number of amidine groups is 1. The normalized spacial score (nSPS) is 22.6. The number of hydrogen-bond acceptors (Lipinski definition) is 5. The first-order chi connectivity index (χ1) is 16.1. The SMILES string of the molecule is N#Cc1cccc(-c2ccc3c(c2)C2(CCSC(N)=N2)C2(CCc4ccccc4CC2)O3)c1. The van der Waals surface area contributed by atoms with Crippen LogP contribution in [0.3, 0.4) is 0 Å². The number of ether oxygens (including phenoxy) is 1. The van der Waals surface area contributed by atoms with Crippen molar-refractivity contribution in [1.82, 2.24) is 0 Å². The average Bonchev–Trinajstić information content (AvgIpc) is 2.96. The quantitative estimate of drug-likeness (QED) is 0.524. The van der Waals surface area contributed by atoms with Gasteiger partial charge < -0.3 is 10.5 Å². The fraction of sp³-hybridized carbons (Fsp3) is 0.286. The summed E-state index contributed by atoms with van der Waals surface area (Å²) >= 11 is 1.64. The van der Waals surface area contributed by atoms with Crippen LogP contribution in [0.2, 0.25) is 0 Å². The van der Waals surface area contributed by atoms with Gasteiger partial charge in [0.15, 0.2) is 5.17 Å². The van der Waals surface area contributed by atoms with Gasteiger partial charge in [-0.2, -0.15) is 5.26 Å². The van der Waals surface area contributed by atoms with E-state index in [-0.39, 0.29) is 0 Å². The molecule has 0 saturated heterocycles. The molecule has 6 rings (SSSR count). The number of nitrogens with two attached hydrogens (primary N) is 1. The van der Waals surface area contributed by atoms with Crippen LogP contribution < -0.4 is 10.5 Å². The highest BCUT2D eigenvalue weighted by atomic mass is 32.2. The Balaban J connectivity index is 1.49. The summed E-state index contributed by atoms with van der Waals surface area (Å²) in [7, 11) is 0. The second kappa shape index (κ2) is 7.67. The van der Waals surface area contributed by atoms with Gasteiger partial charge in [0, 0.05) is 11.3 Å². The molecule has 5 heteroatoms. The van der Waals surface area contributed by atoms with E-state index in [0.717, 1.165) is 60.3 Å². The smallest absolute Gasteiger partial charge is 0.154 e. The van der Waals surface area contributed by atoms with Gasteiger partial charge in [0.05, 0.1) is 11.6 Å². The van der Waals surface area contributed by atoms with Crippen molar-refractivity contribution in [2.24, 2.45) is 10.7 Å². The van der Waals surface area contributed by atoms with Crippen molar-refractivity contribution < 1.29 is 4.74 Å². The second-order valence-corrected chi connectivity index (χ2v) is 10.3. The molecule has 0 saturated carbocycles. The number of hydrogen-bond donors (Lipinski definition) is 1. The summed E-state index contributed by atoms with van der Waals surface area (Å²) in [5.41, 5.74) is 12.2. The van der Waals surface area contributed by atoms with Crippen LogP contribution in [0, 0.1) is 11.3 Å². The fourth-order valence-electron chi connectivity index (χ4n) is 5.89. The number of rotatable bonds is 1. The van der Waals surface area contributed by atoms with Crippen molar-refractivity contribution in [3.8, 4) is 22.9 Å². The number of nitrogens with zero attached hydrogens (tertiary/aromatic N) is 2. The molecule has 1 unspecified atom stereocenters. The highest BCUT2D eigenvalue weighted by Crippen LogP contribution is 2.59. The Kier molecular flexibility index (Phi) is 4.74. The van der Waals surface area contributed by atoms with Crippen LogP contribution in [0.1, 0.15) is 41.5 Å². The van der Waals surface area contributed by atoms with E-state index in [4.69, 9.17) is 15.5 Å². The van der Waals surface area contributed by atoms with E-state index in [9.17, 15) is 5.26 Å². The molecule has 3 aromatic rings. The molecule has 33 heavy (non-hydrogen) atoms. The minimum Gasteiger partial charge on any atom is -0.484 e. The third-order valence-electron chi connectivity index (χ3n) is 7.54. The third-order valence-corrected chi connectivity index (χ3v) is 8.33. The van der Waals surface area contributed by atoms with Crippen molar-refractivity contribution in [3.05, 3.63) is 89.0 Å². The summed E-state index contributed by atoms with van der Waals surface area (Å²) < 4.78 is 6.90. The molecule has 0 bridgehead atoms. The Morgan fingerprint density at radius 3 is 2.39 bits per heavy atom. The van der Waals surface area contributed by atoms with Gasteiger partial charge in [0.2, 0.25) is 0 Å².